The van der Waals surface area contributed by atoms with E-state index in [9.17, 15) is 0 Å². The molecule has 2 aromatic carbocycles. The zero-order valence-electron chi connectivity index (χ0n) is 15.1. The molecule has 2 N–H and O–H groups in total. The minimum Gasteiger partial charge on any atom is -0.354 e. The van der Waals surface area contributed by atoms with E-state index >= 15 is 0 Å². The molecule has 0 fully saturated rings. The summed E-state index contributed by atoms with van der Waals surface area (Å²) in [6.45, 7) is 1.92. The summed E-state index contributed by atoms with van der Waals surface area (Å²) in [5.41, 5.74) is 7.63. The summed E-state index contributed by atoms with van der Waals surface area (Å²) in [7, 11) is 0. The molecule has 3 heterocycles. The van der Waals surface area contributed by atoms with Gasteiger partial charge in [-0.15, -0.1) is 0 Å². The second kappa shape index (κ2) is 6.62. The molecule has 0 aliphatic rings. The minimum atomic E-state index is 0.680. The second-order valence-corrected chi connectivity index (χ2v) is 7.00. The van der Waals surface area contributed by atoms with Crippen molar-refractivity contribution < 1.29 is 0 Å². The molecule has 28 heavy (non-hydrogen) atoms. The first kappa shape index (κ1) is 16.7. The van der Waals surface area contributed by atoms with E-state index < -0.39 is 0 Å². The van der Waals surface area contributed by atoms with Crippen molar-refractivity contribution in [2.45, 2.75) is 6.92 Å². The lowest BCUT2D eigenvalue weighted by molar-refractivity contribution is 1.23. The third-order valence-corrected chi connectivity index (χ3v) is 5.00. The van der Waals surface area contributed by atoms with Gasteiger partial charge < -0.3 is 4.98 Å². The van der Waals surface area contributed by atoms with Crippen LogP contribution >= 0.6 is 11.6 Å². The fraction of sp³-hybridized carbons (Fsp3) is 0.0455. The highest BCUT2D eigenvalue weighted by atomic mass is 35.5. The molecule has 0 bridgehead atoms. The molecule has 6 heteroatoms. The van der Waals surface area contributed by atoms with Gasteiger partial charge in [-0.05, 0) is 43.3 Å². The normalized spacial score (nSPS) is 12.1. The molecule has 0 amide bonds. The molecule has 0 atom stereocenters. The standard InChI is InChI=1S/C22H16ClN5/c1-13(17-7-4-5-11-24-17)27-28-22-20-15-6-2-3-8-18(15)25-21(20)16-12-14(23)9-10-19(16)26-22/h2-12,25H,1H3,(H,26,28)/b27-13+. The molecular weight excluding hydrogens is 370 g/mol. The molecular formula is C22H16ClN5. The van der Waals surface area contributed by atoms with Crippen molar-refractivity contribution in [2.24, 2.45) is 5.10 Å². The van der Waals surface area contributed by atoms with Gasteiger partial charge in [-0.2, -0.15) is 5.10 Å². The number of anilines is 1. The number of para-hydroxylation sites is 1. The van der Waals surface area contributed by atoms with Crippen LogP contribution in [0.4, 0.5) is 5.82 Å². The van der Waals surface area contributed by atoms with Gasteiger partial charge in [-0.1, -0.05) is 35.9 Å². The zero-order valence-corrected chi connectivity index (χ0v) is 15.8. The smallest absolute Gasteiger partial charge is 0.157 e. The number of halogens is 1. The zero-order chi connectivity index (χ0) is 19.1. The molecule has 3 aromatic heterocycles. The average molecular weight is 386 g/mol. The van der Waals surface area contributed by atoms with E-state index in [1.54, 1.807) is 6.20 Å². The van der Waals surface area contributed by atoms with Gasteiger partial charge in [0, 0.05) is 27.5 Å². The summed E-state index contributed by atoms with van der Waals surface area (Å²) < 4.78 is 0. The molecule has 0 aliphatic carbocycles. The number of aromatic amines is 1. The van der Waals surface area contributed by atoms with Gasteiger partial charge in [0.2, 0.25) is 0 Å². The van der Waals surface area contributed by atoms with Crippen molar-refractivity contribution in [2.75, 3.05) is 5.43 Å². The number of nitrogens with zero attached hydrogens (tertiary/aromatic N) is 3. The maximum Gasteiger partial charge on any atom is 0.157 e. The third-order valence-electron chi connectivity index (χ3n) is 4.77. The Balaban J connectivity index is 1.74. The lowest BCUT2D eigenvalue weighted by Crippen LogP contribution is -2.03. The largest absolute Gasteiger partial charge is 0.354 e. The Morgan fingerprint density at radius 1 is 1.04 bits per heavy atom. The maximum absolute atomic E-state index is 6.24. The van der Waals surface area contributed by atoms with Gasteiger partial charge in [0.1, 0.15) is 0 Å². The highest BCUT2D eigenvalue weighted by molar-refractivity contribution is 6.32. The third kappa shape index (κ3) is 2.77. The molecule has 0 saturated heterocycles. The fourth-order valence-corrected chi connectivity index (χ4v) is 3.60. The predicted octanol–water partition coefficient (Wildman–Crippen LogP) is 5.75. The number of hydrazone groups is 1. The lowest BCUT2D eigenvalue weighted by atomic mass is 10.1. The number of aromatic nitrogens is 3. The summed E-state index contributed by atoms with van der Waals surface area (Å²) in [5, 5.41) is 8.26. The Hall–Kier alpha value is -3.44. The van der Waals surface area contributed by atoms with E-state index in [0.29, 0.717) is 10.8 Å². The van der Waals surface area contributed by atoms with Crippen LogP contribution in [0, 0.1) is 0 Å². The Bertz CT molecular complexity index is 1360. The molecule has 136 valence electrons. The van der Waals surface area contributed by atoms with Crippen LogP contribution < -0.4 is 5.43 Å². The molecule has 0 radical (unpaired) electrons. The van der Waals surface area contributed by atoms with Crippen LogP contribution in [0.15, 0.2) is 72.0 Å². The van der Waals surface area contributed by atoms with Crippen LogP contribution in [0.1, 0.15) is 12.6 Å². The Morgan fingerprint density at radius 2 is 1.89 bits per heavy atom. The number of H-pyrrole nitrogens is 1. The highest BCUT2D eigenvalue weighted by Crippen LogP contribution is 2.36. The van der Waals surface area contributed by atoms with Crippen molar-refractivity contribution in [3.05, 3.63) is 77.6 Å². The van der Waals surface area contributed by atoms with Crippen molar-refractivity contribution >= 4 is 55.8 Å². The van der Waals surface area contributed by atoms with Gasteiger partial charge in [0.15, 0.2) is 5.82 Å². The summed E-state index contributed by atoms with van der Waals surface area (Å²) in [5.74, 6) is 0.692. The van der Waals surface area contributed by atoms with Gasteiger partial charge in [-0.3, -0.25) is 10.4 Å². The number of hydrogen-bond donors (Lipinski definition) is 2. The van der Waals surface area contributed by atoms with E-state index in [1.165, 1.54) is 0 Å². The highest BCUT2D eigenvalue weighted by Gasteiger charge is 2.14. The number of fused-ring (bicyclic) bond motifs is 5. The van der Waals surface area contributed by atoms with E-state index in [1.807, 2.05) is 55.5 Å². The first-order chi connectivity index (χ1) is 13.7. The maximum atomic E-state index is 6.24. The number of hydrogen-bond acceptors (Lipinski definition) is 4. The molecule has 0 saturated carbocycles. The van der Waals surface area contributed by atoms with Crippen LogP contribution in [0.25, 0.3) is 32.7 Å². The minimum absolute atomic E-state index is 0.680. The first-order valence-corrected chi connectivity index (χ1v) is 9.30. The monoisotopic (exact) mass is 385 g/mol. The first-order valence-electron chi connectivity index (χ1n) is 8.92. The van der Waals surface area contributed by atoms with Crippen molar-refractivity contribution in [1.82, 2.24) is 15.0 Å². The Kier molecular flexibility index (Phi) is 3.95. The van der Waals surface area contributed by atoms with Crippen molar-refractivity contribution in [3.8, 4) is 0 Å². The fourth-order valence-electron chi connectivity index (χ4n) is 3.42. The number of rotatable bonds is 3. The van der Waals surface area contributed by atoms with Crippen LogP contribution in [0.2, 0.25) is 5.02 Å². The number of pyridine rings is 2. The molecule has 0 unspecified atom stereocenters. The summed E-state index contributed by atoms with van der Waals surface area (Å²) in [6.07, 6.45) is 1.75. The Labute approximate surface area is 166 Å². The van der Waals surface area contributed by atoms with E-state index in [0.717, 1.165) is 44.1 Å². The molecule has 0 aliphatic heterocycles. The summed E-state index contributed by atoms with van der Waals surface area (Å²) in [4.78, 5) is 12.7. The average Bonchev–Trinajstić information content (AvgIpc) is 3.13. The van der Waals surface area contributed by atoms with Crippen LogP contribution in [0.3, 0.4) is 0 Å². The topological polar surface area (TPSA) is 66.0 Å². The SMILES string of the molecule is C/C(=N\Nc1nc2ccc(Cl)cc2c2[nH]c3ccccc3c12)c1ccccn1. The number of benzene rings is 2. The van der Waals surface area contributed by atoms with Gasteiger partial charge in [0.25, 0.3) is 0 Å². The van der Waals surface area contributed by atoms with Crippen molar-refractivity contribution in [1.29, 1.82) is 0 Å². The van der Waals surface area contributed by atoms with Crippen molar-refractivity contribution in [3.63, 3.8) is 0 Å². The van der Waals surface area contributed by atoms with Crippen LogP contribution in [0.5, 0.6) is 0 Å². The van der Waals surface area contributed by atoms with E-state index in [4.69, 9.17) is 16.6 Å². The lowest BCUT2D eigenvalue weighted by Gasteiger charge is -2.08. The van der Waals surface area contributed by atoms with Gasteiger partial charge >= 0.3 is 0 Å². The molecule has 5 aromatic rings. The van der Waals surface area contributed by atoms with Gasteiger partial charge in [-0.25, -0.2) is 4.98 Å². The summed E-state index contributed by atoms with van der Waals surface area (Å²) in [6, 6.07) is 19.6. The summed E-state index contributed by atoms with van der Waals surface area (Å²) >= 11 is 6.24. The molecule has 5 nitrogen and oxygen atoms in total. The van der Waals surface area contributed by atoms with E-state index in [2.05, 4.69) is 32.6 Å². The number of nitrogens with one attached hydrogen (secondary N) is 2. The second-order valence-electron chi connectivity index (χ2n) is 6.57. The van der Waals surface area contributed by atoms with Crippen LogP contribution in [-0.2, 0) is 0 Å². The van der Waals surface area contributed by atoms with Gasteiger partial charge in [0.05, 0.1) is 27.8 Å². The van der Waals surface area contributed by atoms with Crippen LogP contribution in [-0.4, -0.2) is 20.7 Å². The predicted molar refractivity (Wildman–Crippen MR) is 116 cm³/mol. The molecule has 5 rings (SSSR count). The Morgan fingerprint density at radius 3 is 2.75 bits per heavy atom. The quantitative estimate of drug-likeness (QED) is 0.307. The van der Waals surface area contributed by atoms with E-state index in [-0.39, 0.29) is 0 Å². The molecule has 0 spiro atoms.